The minimum absolute atomic E-state index is 0.101. The van der Waals surface area contributed by atoms with Gasteiger partial charge in [0.1, 0.15) is 5.78 Å². The Hall–Kier alpha value is -3.25. The Balaban J connectivity index is 1.37. The Kier molecular flexibility index (Phi) is 6.09. The number of hydrogen-bond acceptors (Lipinski definition) is 5. The highest BCUT2D eigenvalue weighted by atomic mass is 16.1. The Labute approximate surface area is 194 Å². The first kappa shape index (κ1) is 21.6. The van der Waals surface area contributed by atoms with Crippen LogP contribution in [0.3, 0.4) is 0 Å². The molecule has 0 radical (unpaired) electrons. The summed E-state index contributed by atoms with van der Waals surface area (Å²) in [5, 5.41) is 4.87. The van der Waals surface area contributed by atoms with Crippen molar-refractivity contribution in [1.82, 2.24) is 19.4 Å². The predicted octanol–water partition coefficient (Wildman–Crippen LogP) is 4.73. The fraction of sp³-hybridized carbons (Fsp3) is 0.370. The molecule has 5 rings (SSSR count). The third kappa shape index (κ3) is 4.62. The molecule has 170 valence electrons. The summed E-state index contributed by atoms with van der Waals surface area (Å²) in [7, 11) is 0. The largest absolute Gasteiger partial charge is 0.353 e. The maximum Gasteiger partial charge on any atom is 0.204 e. The van der Waals surface area contributed by atoms with Gasteiger partial charge < -0.3 is 9.88 Å². The van der Waals surface area contributed by atoms with Crippen LogP contribution in [0.2, 0.25) is 0 Å². The number of para-hydroxylation sites is 3. The maximum atomic E-state index is 12.1. The summed E-state index contributed by atoms with van der Waals surface area (Å²) >= 11 is 0. The molecule has 0 saturated carbocycles. The molecule has 0 unspecified atom stereocenters. The molecule has 2 aromatic heterocycles. The molecule has 3 heterocycles. The topological polar surface area (TPSA) is 63.1 Å². The van der Waals surface area contributed by atoms with E-state index in [2.05, 4.69) is 62.2 Å². The van der Waals surface area contributed by atoms with Crippen molar-refractivity contribution >= 4 is 33.7 Å². The lowest BCUT2D eigenvalue weighted by Gasteiger charge is -2.32. The first-order chi connectivity index (χ1) is 16.1. The van der Waals surface area contributed by atoms with Gasteiger partial charge in [-0.15, -0.1) is 0 Å². The van der Waals surface area contributed by atoms with Crippen LogP contribution in [0.5, 0.6) is 0 Å². The molecule has 1 aliphatic heterocycles. The molecule has 0 aliphatic carbocycles. The summed E-state index contributed by atoms with van der Waals surface area (Å²) in [6, 6.07) is 19.1. The number of benzene rings is 2. The van der Waals surface area contributed by atoms with Crippen molar-refractivity contribution in [2.24, 2.45) is 5.92 Å². The molecule has 1 aliphatic rings. The molecule has 2 aromatic carbocycles. The van der Waals surface area contributed by atoms with Crippen LogP contribution in [0.4, 0.5) is 5.95 Å². The summed E-state index contributed by atoms with van der Waals surface area (Å²) < 4.78 is 2.27. The van der Waals surface area contributed by atoms with Gasteiger partial charge in [0.05, 0.1) is 29.6 Å². The second kappa shape index (κ2) is 9.32. The van der Waals surface area contributed by atoms with Gasteiger partial charge in [-0.05, 0) is 36.6 Å². The van der Waals surface area contributed by atoms with E-state index >= 15 is 0 Å². The van der Waals surface area contributed by atoms with E-state index in [0.29, 0.717) is 24.9 Å². The van der Waals surface area contributed by atoms with E-state index in [1.54, 1.807) is 0 Å². The molecule has 0 bridgehead atoms. The van der Waals surface area contributed by atoms with Crippen molar-refractivity contribution in [2.75, 3.05) is 25.0 Å². The highest BCUT2D eigenvalue weighted by molar-refractivity contribution is 5.83. The van der Waals surface area contributed by atoms with Crippen molar-refractivity contribution in [2.45, 2.75) is 39.3 Å². The van der Waals surface area contributed by atoms with E-state index in [9.17, 15) is 4.79 Å². The minimum Gasteiger partial charge on any atom is -0.353 e. The molecule has 0 spiro atoms. The van der Waals surface area contributed by atoms with Crippen molar-refractivity contribution in [3.63, 3.8) is 0 Å². The van der Waals surface area contributed by atoms with Crippen molar-refractivity contribution in [3.8, 4) is 0 Å². The standard InChI is InChI=1S/C27H31N5O/c1-19(2)25(33)18-31-15-12-22(13-16-31)29-27-30-23-10-3-4-11-24(23)32(27)17-21-8-5-7-20-9-6-14-28-26(20)21/h3-11,14,19,22H,12-13,15-18H2,1-2H3,(H,29,30). The number of carbonyl (C=O) groups excluding carboxylic acids is 1. The lowest BCUT2D eigenvalue weighted by molar-refractivity contribution is -0.123. The quantitative estimate of drug-likeness (QED) is 0.449. The lowest BCUT2D eigenvalue weighted by Crippen LogP contribution is -2.42. The number of ketones is 1. The summed E-state index contributed by atoms with van der Waals surface area (Å²) in [5.74, 6) is 1.33. The van der Waals surface area contributed by atoms with E-state index < -0.39 is 0 Å². The predicted molar refractivity (Wildman–Crippen MR) is 134 cm³/mol. The molecule has 33 heavy (non-hydrogen) atoms. The Morgan fingerprint density at radius 3 is 2.67 bits per heavy atom. The maximum absolute atomic E-state index is 12.1. The number of anilines is 1. The summed E-state index contributed by atoms with van der Waals surface area (Å²) in [6.07, 6.45) is 3.86. The van der Waals surface area contributed by atoms with Crippen LogP contribution in [-0.4, -0.2) is 50.9 Å². The van der Waals surface area contributed by atoms with Gasteiger partial charge in [0.15, 0.2) is 0 Å². The summed E-state index contributed by atoms with van der Waals surface area (Å²) in [4.78, 5) is 24.0. The monoisotopic (exact) mass is 441 g/mol. The van der Waals surface area contributed by atoms with Gasteiger partial charge in [-0.2, -0.15) is 0 Å². The van der Waals surface area contributed by atoms with Crippen LogP contribution in [0.1, 0.15) is 32.3 Å². The van der Waals surface area contributed by atoms with Gasteiger partial charge in [-0.1, -0.05) is 50.2 Å². The Bertz CT molecular complexity index is 1260. The van der Waals surface area contributed by atoms with Gasteiger partial charge in [-0.3, -0.25) is 14.7 Å². The number of nitrogens with one attached hydrogen (secondary N) is 1. The zero-order chi connectivity index (χ0) is 22.8. The average molecular weight is 442 g/mol. The van der Waals surface area contributed by atoms with E-state index in [4.69, 9.17) is 4.98 Å². The zero-order valence-electron chi connectivity index (χ0n) is 19.4. The fourth-order valence-corrected chi connectivity index (χ4v) is 4.63. The molecule has 6 nitrogen and oxygen atoms in total. The second-order valence-electron chi connectivity index (χ2n) is 9.32. The van der Waals surface area contributed by atoms with Gasteiger partial charge >= 0.3 is 0 Å². The number of likely N-dealkylation sites (tertiary alicyclic amines) is 1. The van der Waals surface area contributed by atoms with Gasteiger partial charge in [0, 0.05) is 36.6 Å². The van der Waals surface area contributed by atoms with E-state index in [-0.39, 0.29) is 5.92 Å². The second-order valence-corrected chi connectivity index (χ2v) is 9.32. The van der Waals surface area contributed by atoms with Crippen LogP contribution in [0.15, 0.2) is 60.8 Å². The van der Waals surface area contributed by atoms with Gasteiger partial charge in [0.25, 0.3) is 0 Å². The molecule has 1 fully saturated rings. The van der Waals surface area contributed by atoms with Crippen LogP contribution in [-0.2, 0) is 11.3 Å². The van der Waals surface area contributed by atoms with Crippen LogP contribution >= 0.6 is 0 Å². The van der Waals surface area contributed by atoms with E-state index in [1.807, 2.05) is 32.2 Å². The van der Waals surface area contributed by atoms with Gasteiger partial charge in [-0.25, -0.2) is 4.98 Å². The molecular weight excluding hydrogens is 410 g/mol. The van der Waals surface area contributed by atoms with Crippen molar-refractivity contribution < 1.29 is 4.79 Å². The molecule has 1 saturated heterocycles. The number of piperidine rings is 1. The van der Waals surface area contributed by atoms with Crippen LogP contribution in [0, 0.1) is 5.92 Å². The number of imidazole rings is 1. The van der Waals surface area contributed by atoms with E-state index in [0.717, 1.165) is 53.8 Å². The third-order valence-corrected chi connectivity index (χ3v) is 6.64. The number of Topliss-reactive ketones (excluding diaryl/α,β-unsaturated/α-hetero) is 1. The SMILES string of the molecule is CC(C)C(=O)CN1CCC(Nc2nc3ccccc3n2Cc2cccc3cccnc23)CC1. The first-order valence-electron chi connectivity index (χ1n) is 11.9. The normalized spacial score (nSPS) is 15.5. The highest BCUT2D eigenvalue weighted by Crippen LogP contribution is 2.26. The highest BCUT2D eigenvalue weighted by Gasteiger charge is 2.23. The van der Waals surface area contributed by atoms with E-state index in [1.165, 1.54) is 5.56 Å². The third-order valence-electron chi connectivity index (χ3n) is 6.64. The zero-order valence-corrected chi connectivity index (χ0v) is 19.4. The molecule has 1 N–H and O–H groups in total. The number of pyridine rings is 1. The van der Waals surface area contributed by atoms with Crippen LogP contribution in [0.25, 0.3) is 21.9 Å². The van der Waals surface area contributed by atoms with Crippen LogP contribution < -0.4 is 5.32 Å². The number of rotatable bonds is 7. The molecule has 0 atom stereocenters. The average Bonchev–Trinajstić information content (AvgIpc) is 3.17. The molecule has 0 amide bonds. The Morgan fingerprint density at radius 1 is 1.06 bits per heavy atom. The number of aromatic nitrogens is 3. The Morgan fingerprint density at radius 2 is 1.85 bits per heavy atom. The summed E-state index contributed by atoms with van der Waals surface area (Å²) in [6.45, 7) is 7.10. The summed E-state index contributed by atoms with van der Waals surface area (Å²) in [5.41, 5.74) is 4.33. The molecule has 4 aromatic rings. The number of fused-ring (bicyclic) bond motifs is 2. The smallest absolute Gasteiger partial charge is 0.204 e. The number of carbonyl (C=O) groups is 1. The fourth-order valence-electron chi connectivity index (χ4n) is 4.63. The first-order valence-corrected chi connectivity index (χ1v) is 11.9. The lowest BCUT2D eigenvalue weighted by atomic mass is 10.0. The minimum atomic E-state index is 0.101. The number of nitrogens with zero attached hydrogens (tertiary/aromatic N) is 4. The number of hydrogen-bond donors (Lipinski definition) is 1. The van der Waals surface area contributed by atoms with Gasteiger partial charge in [0.2, 0.25) is 5.95 Å². The van der Waals surface area contributed by atoms with Crippen molar-refractivity contribution in [1.29, 1.82) is 0 Å². The molecular formula is C27H31N5O. The van der Waals surface area contributed by atoms with Crippen molar-refractivity contribution in [3.05, 3.63) is 66.4 Å². The molecule has 6 heteroatoms.